The van der Waals surface area contributed by atoms with Gasteiger partial charge in [0.2, 0.25) is 5.91 Å². The summed E-state index contributed by atoms with van der Waals surface area (Å²) in [5, 5.41) is 9.34. The molecule has 1 aliphatic carbocycles. The lowest BCUT2D eigenvalue weighted by Gasteiger charge is -2.17. The summed E-state index contributed by atoms with van der Waals surface area (Å²) in [6.07, 6.45) is 7.04. The van der Waals surface area contributed by atoms with E-state index in [0.29, 0.717) is 11.4 Å². The molecule has 0 fully saturated rings. The maximum Gasteiger partial charge on any atom is 0.267 e. The van der Waals surface area contributed by atoms with Gasteiger partial charge in [0.05, 0.1) is 24.0 Å². The maximum atomic E-state index is 12.1. The molecule has 0 aromatic carbocycles. The Kier molecular flexibility index (Phi) is 5.27. The van der Waals surface area contributed by atoms with Crippen LogP contribution in [0.15, 0.2) is 29.3 Å². The predicted octanol–water partition coefficient (Wildman–Crippen LogP) is 1.65. The number of aromatic amines is 1. The third-order valence-electron chi connectivity index (χ3n) is 3.66. The van der Waals surface area contributed by atoms with Crippen molar-refractivity contribution >= 4 is 24.0 Å². The molecule has 0 unspecified atom stereocenters. The van der Waals surface area contributed by atoms with E-state index < -0.39 is 0 Å². The Morgan fingerprint density at radius 2 is 2.05 bits per heavy atom. The fourth-order valence-corrected chi connectivity index (χ4v) is 2.67. The molecule has 3 rings (SSSR count). The summed E-state index contributed by atoms with van der Waals surface area (Å²) >= 11 is 0. The zero-order valence-corrected chi connectivity index (χ0v) is 12.8. The smallest absolute Gasteiger partial charge is 0.267 e. The highest BCUT2D eigenvalue weighted by Crippen LogP contribution is 2.20. The standard InChI is InChI=1S/C15H16N4O2.ClH/c20-14(17-10-4-3-7-16-9-10)8-13-11-5-1-2-6-12(11)15(21)19-18-13;/h3-4,7,9H,1-2,5-6,8H2,(H,17,20)(H,19,21);1H. The normalized spacial score (nSPS) is 12.9. The van der Waals surface area contributed by atoms with Gasteiger partial charge in [-0.2, -0.15) is 5.10 Å². The Morgan fingerprint density at radius 1 is 1.27 bits per heavy atom. The molecule has 0 saturated carbocycles. The first-order chi connectivity index (χ1) is 10.2. The van der Waals surface area contributed by atoms with E-state index in [2.05, 4.69) is 20.5 Å². The molecule has 2 aromatic rings. The van der Waals surface area contributed by atoms with Gasteiger partial charge < -0.3 is 5.32 Å². The van der Waals surface area contributed by atoms with Gasteiger partial charge in [0.15, 0.2) is 0 Å². The van der Waals surface area contributed by atoms with Gasteiger partial charge in [-0.1, -0.05) is 0 Å². The van der Waals surface area contributed by atoms with Crippen LogP contribution in [0.5, 0.6) is 0 Å². The number of nitrogens with zero attached hydrogens (tertiary/aromatic N) is 2. The van der Waals surface area contributed by atoms with Crippen LogP contribution in [0.2, 0.25) is 0 Å². The van der Waals surface area contributed by atoms with Crippen molar-refractivity contribution in [3.8, 4) is 0 Å². The number of fused-ring (bicyclic) bond motifs is 1. The van der Waals surface area contributed by atoms with Crippen LogP contribution >= 0.6 is 12.4 Å². The number of nitrogens with one attached hydrogen (secondary N) is 2. The molecule has 0 aliphatic heterocycles. The summed E-state index contributed by atoms with van der Waals surface area (Å²) in [6, 6.07) is 3.54. The lowest BCUT2D eigenvalue weighted by Crippen LogP contribution is -2.25. The fourth-order valence-electron chi connectivity index (χ4n) is 2.67. The highest BCUT2D eigenvalue weighted by atomic mass is 35.5. The van der Waals surface area contributed by atoms with E-state index in [-0.39, 0.29) is 30.3 Å². The summed E-state index contributed by atoms with van der Waals surface area (Å²) in [6.45, 7) is 0. The molecule has 1 aliphatic rings. The lowest BCUT2D eigenvalue weighted by atomic mass is 9.91. The summed E-state index contributed by atoms with van der Waals surface area (Å²) in [5.74, 6) is -0.157. The third-order valence-corrected chi connectivity index (χ3v) is 3.66. The number of hydrogen-bond donors (Lipinski definition) is 2. The van der Waals surface area contributed by atoms with Gasteiger partial charge in [-0.3, -0.25) is 14.6 Å². The number of carbonyl (C=O) groups is 1. The van der Waals surface area contributed by atoms with Crippen LogP contribution in [0, 0.1) is 0 Å². The monoisotopic (exact) mass is 320 g/mol. The number of H-pyrrole nitrogens is 1. The van der Waals surface area contributed by atoms with Gasteiger partial charge in [-0.05, 0) is 43.4 Å². The summed E-state index contributed by atoms with van der Waals surface area (Å²) in [5.41, 5.74) is 2.94. The molecular formula is C15H17ClN4O2. The van der Waals surface area contributed by atoms with Crippen LogP contribution < -0.4 is 10.9 Å². The van der Waals surface area contributed by atoms with Crippen LogP contribution in [0.1, 0.15) is 29.7 Å². The number of anilines is 1. The van der Waals surface area contributed by atoms with Gasteiger partial charge in [0.25, 0.3) is 5.56 Å². The first-order valence-electron chi connectivity index (χ1n) is 7.03. The van der Waals surface area contributed by atoms with Crippen molar-refractivity contribution in [2.45, 2.75) is 32.1 Å². The topological polar surface area (TPSA) is 87.7 Å². The molecule has 2 aromatic heterocycles. The maximum absolute atomic E-state index is 12.1. The van der Waals surface area contributed by atoms with E-state index in [1.54, 1.807) is 24.5 Å². The quantitative estimate of drug-likeness (QED) is 0.900. The largest absolute Gasteiger partial charge is 0.324 e. The number of rotatable bonds is 3. The Morgan fingerprint density at radius 3 is 2.77 bits per heavy atom. The Bertz CT molecular complexity index is 715. The van der Waals surface area contributed by atoms with E-state index in [1.165, 1.54) is 0 Å². The van der Waals surface area contributed by atoms with E-state index in [0.717, 1.165) is 36.8 Å². The number of amides is 1. The second kappa shape index (κ2) is 7.17. The van der Waals surface area contributed by atoms with Crippen molar-refractivity contribution in [2.75, 3.05) is 5.32 Å². The predicted molar refractivity (Wildman–Crippen MR) is 85.3 cm³/mol. The minimum atomic E-state index is -0.157. The van der Waals surface area contributed by atoms with Gasteiger partial charge in [0, 0.05) is 11.8 Å². The molecule has 0 atom stereocenters. The Balaban J connectivity index is 0.00000176. The van der Waals surface area contributed by atoms with Crippen molar-refractivity contribution in [2.24, 2.45) is 0 Å². The number of carbonyl (C=O) groups excluding carboxylic acids is 1. The molecule has 7 heteroatoms. The highest BCUT2D eigenvalue weighted by Gasteiger charge is 2.19. The molecule has 1 amide bonds. The molecule has 0 spiro atoms. The van der Waals surface area contributed by atoms with Crippen LogP contribution in [-0.2, 0) is 24.1 Å². The minimum absolute atomic E-state index is 0. The SMILES string of the molecule is Cl.O=C(Cc1n[nH]c(=O)c2c1CCCC2)Nc1cccnc1. The molecule has 0 saturated heterocycles. The molecule has 0 radical (unpaired) electrons. The van der Waals surface area contributed by atoms with E-state index in [1.807, 2.05) is 0 Å². The van der Waals surface area contributed by atoms with Crippen molar-refractivity contribution in [1.82, 2.24) is 15.2 Å². The lowest BCUT2D eigenvalue weighted by molar-refractivity contribution is -0.115. The van der Waals surface area contributed by atoms with Crippen LogP contribution in [0.4, 0.5) is 5.69 Å². The summed E-state index contributed by atoms with van der Waals surface area (Å²) < 4.78 is 0. The zero-order valence-electron chi connectivity index (χ0n) is 12.0. The second-order valence-corrected chi connectivity index (χ2v) is 5.13. The Labute approximate surface area is 133 Å². The van der Waals surface area contributed by atoms with Crippen LogP contribution in [-0.4, -0.2) is 21.1 Å². The molecule has 116 valence electrons. The minimum Gasteiger partial charge on any atom is -0.324 e. The van der Waals surface area contributed by atoms with Gasteiger partial charge in [0.1, 0.15) is 0 Å². The molecular weight excluding hydrogens is 304 g/mol. The van der Waals surface area contributed by atoms with Crippen molar-refractivity contribution < 1.29 is 4.79 Å². The number of halogens is 1. The van der Waals surface area contributed by atoms with Gasteiger partial charge in [-0.15, -0.1) is 12.4 Å². The number of aromatic nitrogens is 3. The third kappa shape index (κ3) is 3.51. The van der Waals surface area contributed by atoms with Gasteiger partial charge in [-0.25, -0.2) is 5.10 Å². The van der Waals surface area contributed by atoms with Crippen molar-refractivity contribution in [3.63, 3.8) is 0 Å². The number of hydrogen-bond acceptors (Lipinski definition) is 4. The molecule has 2 heterocycles. The van der Waals surface area contributed by atoms with Crippen molar-refractivity contribution in [1.29, 1.82) is 0 Å². The summed E-state index contributed by atoms with van der Waals surface area (Å²) in [7, 11) is 0. The Hall–Kier alpha value is -2.21. The highest BCUT2D eigenvalue weighted by molar-refractivity contribution is 5.92. The number of pyridine rings is 1. The molecule has 2 N–H and O–H groups in total. The average molecular weight is 321 g/mol. The van der Waals surface area contributed by atoms with Crippen molar-refractivity contribution in [3.05, 3.63) is 51.7 Å². The van der Waals surface area contributed by atoms with E-state index in [9.17, 15) is 9.59 Å². The fraction of sp³-hybridized carbons (Fsp3) is 0.333. The van der Waals surface area contributed by atoms with Crippen LogP contribution in [0.3, 0.4) is 0 Å². The first kappa shape index (κ1) is 16.2. The molecule has 0 bridgehead atoms. The van der Waals surface area contributed by atoms with Gasteiger partial charge >= 0.3 is 0 Å². The second-order valence-electron chi connectivity index (χ2n) is 5.13. The van der Waals surface area contributed by atoms with Crippen LogP contribution in [0.25, 0.3) is 0 Å². The molecule has 6 nitrogen and oxygen atoms in total. The zero-order chi connectivity index (χ0) is 14.7. The summed E-state index contributed by atoms with van der Waals surface area (Å²) in [4.78, 5) is 27.8. The van der Waals surface area contributed by atoms with E-state index >= 15 is 0 Å². The molecule has 22 heavy (non-hydrogen) atoms. The van der Waals surface area contributed by atoms with E-state index in [4.69, 9.17) is 0 Å². The average Bonchev–Trinajstić information content (AvgIpc) is 2.51. The first-order valence-corrected chi connectivity index (χ1v) is 7.03.